The van der Waals surface area contributed by atoms with Crippen LogP contribution in [0.25, 0.3) is 11.1 Å². The number of aryl methyl sites for hydroxylation is 1. The molecule has 16 heavy (non-hydrogen) atoms. The van der Waals surface area contributed by atoms with Gasteiger partial charge in [0.05, 0.1) is 0 Å². The van der Waals surface area contributed by atoms with Gasteiger partial charge in [0.1, 0.15) is 0 Å². The fourth-order valence-electron chi connectivity index (χ4n) is 1.49. The molecule has 1 heteroatoms. The van der Waals surface area contributed by atoms with E-state index in [1.165, 1.54) is 5.56 Å². The van der Waals surface area contributed by atoms with Crippen LogP contribution >= 0.6 is 11.6 Å². The highest BCUT2D eigenvalue weighted by molar-refractivity contribution is 6.51. The summed E-state index contributed by atoms with van der Waals surface area (Å²) in [5.41, 5.74) is 3.43. The Morgan fingerprint density at radius 3 is 2.19 bits per heavy atom. The standard InChI is InChI=1S/C15H13Cl/c1-12-7-9-13(10-8-12)11-15(16)14-5-3-2-4-6-14/h2-11H,1H3/b15-11-. The lowest BCUT2D eigenvalue weighted by molar-refractivity contribution is 1.46. The van der Waals surface area contributed by atoms with Crippen LogP contribution in [0.2, 0.25) is 0 Å². The summed E-state index contributed by atoms with van der Waals surface area (Å²) in [6.07, 6.45) is 1.98. The smallest absolute Gasteiger partial charge is 0.0484 e. The first kappa shape index (κ1) is 11.0. The zero-order chi connectivity index (χ0) is 11.4. The molecule has 2 aromatic carbocycles. The Balaban J connectivity index is 2.28. The van der Waals surface area contributed by atoms with Crippen molar-refractivity contribution >= 4 is 22.7 Å². The van der Waals surface area contributed by atoms with Crippen LogP contribution < -0.4 is 0 Å². The summed E-state index contributed by atoms with van der Waals surface area (Å²) in [6.45, 7) is 2.08. The molecule has 0 aromatic heterocycles. The molecule has 0 spiro atoms. The van der Waals surface area contributed by atoms with Gasteiger partial charge in [0.2, 0.25) is 0 Å². The van der Waals surface area contributed by atoms with E-state index in [-0.39, 0.29) is 0 Å². The molecule has 0 unspecified atom stereocenters. The molecule has 0 aliphatic heterocycles. The fraction of sp³-hybridized carbons (Fsp3) is 0.0667. The van der Waals surface area contributed by atoms with Gasteiger partial charge in [0.15, 0.2) is 0 Å². The normalized spacial score (nSPS) is 11.5. The van der Waals surface area contributed by atoms with Crippen LogP contribution in [0.15, 0.2) is 54.6 Å². The molecule has 0 nitrogen and oxygen atoms in total. The van der Waals surface area contributed by atoms with Gasteiger partial charge < -0.3 is 0 Å². The number of hydrogen-bond donors (Lipinski definition) is 0. The number of hydrogen-bond acceptors (Lipinski definition) is 0. The van der Waals surface area contributed by atoms with E-state index in [0.29, 0.717) is 0 Å². The zero-order valence-electron chi connectivity index (χ0n) is 9.15. The van der Waals surface area contributed by atoms with E-state index in [1.54, 1.807) is 0 Å². The monoisotopic (exact) mass is 228 g/mol. The van der Waals surface area contributed by atoms with Crippen molar-refractivity contribution in [2.75, 3.05) is 0 Å². The first-order chi connectivity index (χ1) is 7.75. The van der Waals surface area contributed by atoms with Crippen LogP contribution in [0, 0.1) is 6.92 Å². The molecule has 80 valence electrons. The lowest BCUT2D eigenvalue weighted by Gasteiger charge is -2.00. The second kappa shape index (κ2) is 5.00. The summed E-state index contributed by atoms with van der Waals surface area (Å²) < 4.78 is 0. The van der Waals surface area contributed by atoms with Crippen molar-refractivity contribution in [1.82, 2.24) is 0 Å². The lowest BCUT2D eigenvalue weighted by atomic mass is 10.1. The molecule has 0 aliphatic carbocycles. The molecular formula is C15H13Cl. The zero-order valence-corrected chi connectivity index (χ0v) is 9.91. The van der Waals surface area contributed by atoms with Gasteiger partial charge in [-0.15, -0.1) is 0 Å². The Labute approximate surface area is 101 Å². The van der Waals surface area contributed by atoms with Crippen molar-refractivity contribution in [3.63, 3.8) is 0 Å². The van der Waals surface area contributed by atoms with Gasteiger partial charge in [-0.2, -0.15) is 0 Å². The molecule has 0 heterocycles. The Morgan fingerprint density at radius 1 is 0.938 bits per heavy atom. The van der Waals surface area contributed by atoms with Crippen LogP contribution in [-0.4, -0.2) is 0 Å². The minimum Gasteiger partial charge on any atom is -0.0837 e. The third-order valence-corrected chi connectivity index (χ3v) is 2.75. The second-order valence-electron chi connectivity index (χ2n) is 3.77. The second-order valence-corrected chi connectivity index (χ2v) is 4.18. The fourth-order valence-corrected chi connectivity index (χ4v) is 1.74. The van der Waals surface area contributed by atoms with Crippen molar-refractivity contribution in [2.24, 2.45) is 0 Å². The average molecular weight is 229 g/mol. The number of benzene rings is 2. The van der Waals surface area contributed by atoms with Crippen molar-refractivity contribution in [3.05, 3.63) is 71.3 Å². The average Bonchev–Trinajstić information content (AvgIpc) is 2.33. The van der Waals surface area contributed by atoms with Gasteiger partial charge in [0, 0.05) is 5.03 Å². The van der Waals surface area contributed by atoms with E-state index in [1.807, 2.05) is 36.4 Å². The van der Waals surface area contributed by atoms with E-state index >= 15 is 0 Å². The summed E-state index contributed by atoms with van der Waals surface area (Å²) in [5, 5.41) is 0.768. The molecule has 0 atom stereocenters. The molecular weight excluding hydrogens is 216 g/mol. The van der Waals surface area contributed by atoms with Gasteiger partial charge in [-0.1, -0.05) is 71.8 Å². The highest BCUT2D eigenvalue weighted by Crippen LogP contribution is 2.21. The highest BCUT2D eigenvalue weighted by atomic mass is 35.5. The Morgan fingerprint density at radius 2 is 1.56 bits per heavy atom. The van der Waals surface area contributed by atoms with Gasteiger partial charge in [-0.05, 0) is 24.1 Å². The van der Waals surface area contributed by atoms with E-state index in [9.17, 15) is 0 Å². The Bertz CT molecular complexity index is 481. The molecule has 2 aromatic rings. The quantitative estimate of drug-likeness (QED) is 0.652. The summed E-state index contributed by atoms with van der Waals surface area (Å²) in [4.78, 5) is 0. The maximum atomic E-state index is 6.24. The van der Waals surface area contributed by atoms with Crippen LogP contribution in [0.1, 0.15) is 16.7 Å². The topological polar surface area (TPSA) is 0 Å². The summed E-state index contributed by atoms with van der Waals surface area (Å²) in [6, 6.07) is 18.3. The van der Waals surface area contributed by atoms with Gasteiger partial charge >= 0.3 is 0 Å². The van der Waals surface area contributed by atoms with Gasteiger partial charge in [-0.25, -0.2) is 0 Å². The van der Waals surface area contributed by atoms with Crippen LogP contribution in [0.4, 0.5) is 0 Å². The molecule has 0 aliphatic rings. The lowest BCUT2D eigenvalue weighted by Crippen LogP contribution is -1.77. The predicted octanol–water partition coefficient (Wildman–Crippen LogP) is 4.73. The van der Waals surface area contributed by atoms with Crippen molar-refractivity contribution in [1.29, 1.82) is 0 Å². The van der Waals surface area contributed by atoms with E-state index in [2.05, 4.69) is 31.2 Å². The molecule has 0 saturated heterocycles. The van der Waals surface area contributed by atoms with Gasteiger partial charge in [-0.3, -0.25) is 0 Å². The first-order valence-electron chi connectivity index (χ1n) is 5.25. The molecule has 0 bridgehead atoms. The highest BCUT2D eigenvalue weighted by Gasteiger charge is 1.96. The minimum absolute atomic E-state index is 0.768. The third kappa shape index (κ3) is 2.74. The van der Waals surface area contributed by atoms with Crippen molar-refractivity contribution in [3.8, 4) is 0 Å². The van der Waals surface area contributed by atoms with Crippen molar-refractivity contribution < 1.29 is 0 Å². The van der Waals surface area contributed by atoms with Crippen LogP contribution in [0.5, 0.6) is 0 Å². The molecule has 0 N–H and O–H groups in total. The van der Waals surface area contributed by atoms with E-state index < -0.39 is 0 Å². The summed E-state index contributed by atoms with van der Waals surface area (Å²) >= 11 is 6.24. The van der Waals surface area contributed by atoms with Crippen molar-refractivity contribution in [2.45, 2.75) is 6.92 Å². The molecule has 0 fully saturated rings. The Kier molecular flexibility index (Phi) is 3.43. The summed E-state index contributed by atoms with van der Waals surface area (Å²) in [7, 11) is 0. The van der Waals surface area contributed by atoms with Crippen LogP contribution in [-0.2, 0) is 0 Å². The molecule has 0 saturated carbocycles. The molecule has 0 amide bonds. The minimum atomic E-state index is 0.768. The SMILES string of the molecule is Cc1ccc(/C=C(\Cl)c2ccccc2)cc1. The van der Waals surface area contributed by atoms with Crippen LogP contribution in [0.3, 0.4) is 0 Å². The molecule has 2 rings (SSSR count). The summed E-state index contributed by atoms with van der Waals surface area (Å²) in [5.74, 6) is 0. The predicted molar refractivity (Wildman–Crippen MR) is 71.3 cm³/mol. The number of rotatable bonds is 2. The maximum Gasteiger partial charge on any atom is 0.0484 e. The largest absolute Gasteiger partial charge is 0.0837 e. The van der Waals surface area contributed by atoms with E-state index in [0.717, 1.165) is 16.2 Å². The maximum absolute atomic E-state index is 6.24. The molecule has 0 radical (unpaired) electrons. The number of halogens is 1. The Hall–Kier alpha value is -1.53. The third-order valence-electron chi connectivity index (χ3n) is 2.42. The first-order valence-corrected chi connectivity index (χ1v) is 5.63. The van der Waals surface area contributed by atoms with E-state index in [4.69, 9.17) is 11.6 Å². The van der Waals surface area contributed by atoms with Gasteiger partial charge in [0.25, 0.3) is 0 Å².